The Kier molecular flexibility index (Phi) is 6.17. The quantitative estimate of drug-likeness (QED) is 0.297. The molecule has 0 fully saturated rings. The van der Waals surface area contributed by atoms with Crippen molar-refractivity contribution in [2.24, 2.45) is 0 Å². The van der Waals surface area contributed by atoms with E-state index in [1.807, 2.05) is 61.7 Å². The molecule has 1 unspecified atom stereocenters. The molecule has 7 heteroatoms. The van der Waals surface area contributed by atoms with E-state index in [4.69, 9.17) is 0 Å². The summed E-state index contributed by atoms with van der Waals surface area (Å²) in [5.41, 5.74) is 4.78. The second-order valence-corrected chi connectivity index (χ2v) is 10.9. The number of aromatic amines is 2. The number of rotatable bonds is 8. The maximum atomic E-state index is 13.6. The second-order valence-electron chi connectivity index (χ2n) is 8.81. The molecule has 6 nitrogen and oxygen atoms in total. The molecule has 5 rings (SSSR count). The fourth-order valence-electron chi connectivity index (χ4n) is 4.51. The number of sulfone groups is 1. The van der Waals surface area contributed by atoms with Gasteiger partial charge in [0.25, 0.3) is 0 Å². The number of para-hydroxylation sites is 2. The highest BCUT2D eigenvalue weighted by molar-refractivity contribution is 7.92. The molecule has 2 heterocycles. The number of benzene rings is 3. The summed E-state index contributed by atoms with van der Waals surface area (Å²) in [5.74, 6) is -0.490. The molecule has 178 valence electrons. The molecular weight excluding hydrogens is 458 g/mol. The predicted octanol–water partition coefficient (Wildman–Crippen LogP) is 4.70. The van der Waals surface area contributed by atoms with Crippen LogP contribution in [0.5, 0.6) is 0 Å². The Labute approximate surface area is 204 Å². The van der Waals surface area contributed by atoms with Crippen molar-refractivity contribution in [1.82, 2.24) is 15.3 Å². The first-order valence-electron chi connectivity index (χ1n) is 11.6. The van der Waals surface area contributed by atoms with Gasteiger partial charge in [0.05, 0.1) is 4.90 Å². The Morgan fingerprint density at radius 2 is 1.40 bits per heavy atom. The summed E-state index contributed by atoms with van der Waals surface area (Å²) >= 11 is 0. The molecule has 0 aliphatic carbocycles. The lowest BCUT2D eigenvalue weighted by atomic mass is 10.1. The van der Waals surface area contributed by atoms with Crippen LogP contribution in [0.2, 0.25) is 0 Å². The third kappa shape index (κ3) is 4.59. The molecule has 0 saturated heterocycles. The van der Waals surface area contributed by atoms with E-state index < -0.39 is 21.0 Å². The van der Waals surface area contributed by atoms with Crippen LogP contribution in [0.25, 0.3) is 21.8 Å². The Balaban J connectivity index is 1.40. The van der Waals surface area contributed by atoms with Crippen LogP contribution in [-0.2, 0) is 27.5 Å². The topological polar surface area (TPSA) is 94.8 Å². The number of hydrogen-bond acceptors (Lipinski definition) is 3. The lowest BCUT2D eigenvalue weighted by Crippen LogP contribution is -2.42. The minimum atomic E-state index is -3.91. The summed E-state index contributed by atoms with van der Waals surface area (Å²) in [6, 6.07) is 22.3. The van der Waals surface area contributed by atoms with Crippen molar-refractivity contribution in [3.63, 3.8) is 0 Å². The molecule has 0 radical (unpaired) electrons. The van der Waals surface area contributed by atoms with Gasteiger partial charge in [-0.15, -0.1) is 0 Å². The van der Waals surface area contributed by atoms with Crippen LogP contribution in [0.15, 0.2) is 90.1 Å². The highest BCUT2D eigenvalue weighted by atomic mass is 32.2. The number of aryl methyl sites for hydroxylation is 1. The largest absolute Gasteiger partial charge is 0.361 e. The highest BCUT2D eigenvalue weighted by Crippen LogP contribution is 2.25. The van der Waals surface area contributed by atoms with Crippen LogP contribution in [0.4, 0.5) is 0 Å². The van der Waals surface area contributed by atoms with Gasteiger partial charge in [0.1, 0.15) is 5.25 Å². The van der Waals surface area contributed by atoms with Gasteiger partial charge in [-0.05, 0) is 48.7 Å². The van der Waals surface area contributed by atoms with E-state index in [1.165, 1.54) is 0 Å². The highest BCUT2D eigenvalue weighted by Gasteiger charge is 2.34. The van der Waals surface area contributed by atoms with Gasteiger partial charge in [0.15, 0.2) is 9.84 Å². The van der Waals surface area contributed by atoms with Gasteiger partial charge >= 0.3 is 0 Å². The summed E-state index contributed by atoms with van der Waals surface area (Å²) in [6.45, 7) is 2.24. The van der Waals surface area contributed by atoms with Crippen LogP contribution >= 0.6 is 0 Å². The fourth-order valence-corrected chi connectivity index (χ4v) is 6.12. The molecular formula is C28H27N3O3S. The summed E-state index contributed by atoms with van der Waals surface area (Å²) in [6.07, 6.45) is 4.41. The molecule has 1 atom stereocenters. The van der Waals surface area contributed by atoms with Crippen LogP contribution in [0.3, 0.4) is 0 Å². The number of amides is 1. The molecule has 0 saturated carbocycles. The Morgan fingerprint density at radius 3 is 2.06 bits per heavy atom. The molecule has 5 aromatic rings. The van der Waals surface area contributed by atoms with E-state index in [9.17, 15) is 13.2 Å². The molecule has 3 N–H and O–H groups in total. The van der Waals surface area contributed by atoms with Gasteiger partial charge in [-0.2, -0.15) is 0 Å². The molecule has 0 bridgehead atoms. The standard InChI is InChI=1S/C28H27N3O3S/c1-19-10-12-22(13-11-19)35(33,34)27(16-21-18-31-26-9-5-3-7-24(21)26)28(32)29-15-14-20-17-30-25-8-4-2-6-23(20)25/h2-13,17-18,27,30-31H,14-16H2,1H3,(H,29,32). The van der Waals surface area contributed by atoms with Crippen molar-refractivity contribution < 1.29 is 13.2 Å². The summed E-state index contributed by atoms with van der Waals surface area (Å²) in [4.78, 5) is 19.9. The molecule has 35 heavy (non-hydrogen) atoms. The number of H-pyrrole nitrogens is 2. The molecule has 2 aromatic heterocycles. The zero-order valence-electron chi connectivity index (χ0n) is 19.4. The van der Waals surface area contributed by atoms with Crippen molar-refractivity contribution in [3.8, 4) is 0 Å². The number of carbonyl (C=O) groups excluding carboxylic acids is 1. The van der Waals surface area contributed by atoms with Crippen molar-refractivity contribution in [2.45, 2.75) is 29.9 Å². The molecule has 1 amide bonds. The maximum Gasteiger partial charge on any atom is 0.239 e. The van der Waals surface area contributed by atoms with E-state index in [0.717, 1.165) is 38.5 Å². The van der Waals surface area contributed by atoms with Gasteiger partial charge in [0.2, 0.25) is 5.91 Å². The number of hydrogen-bond donors (Lipinski definition) is 3. The van der Waals surface area contributed by atoms with Gasteiger partial charge in [-0.25, -0.2) is 8.42 Å². The van der Waals surface area contributed by atoms with Gasteiger partial charge in [-0.1, -0.05) is 54.1 Å². The van der Waals surface area contributed by atoms with Gasteiger partial charge in [-0.3, -0.25) is 4.79 Å². The lowest BCUT2D eigenvalue weighted by Gasteiger charge is -2.18. The first-order chi connectivity index (χ1) is 16.9. The fraction of sp³-hybridized carbons (Fsp3) is 0.179. The van der Waals surface area contributed by atoms with Crippen molar-refractivity contribution in [3.05, 3.63) is 102 Å². The predicted molar refractivity (Wildman–Crippen MR) is 139 cm³/mol. The van der Waals surface area contributed by atoms with E-state index >= 15 is 0 Å². The minimum absolute atomic E-state index is 0.0825. The molecule has 0 aliphatic rings. The van der Waals surface area contributed by atoms with E-state index in [1.54, 1.807) is 30.5 Å². The van der Waals surface area contributed by atoms with Crippen LogP contribution in [0.1, 0.15) is 16.7 Å². The van der Waals surface area contributed by atoms with Crippen LogP contribution in [-0.4, -0.2) is 36.1 Å². The molecule has 3 aromatic carbocycles. The first kappa shape index (κ1) is 22.9. The normalized spacial score (nSPS) is 12.7. The number of nitrogens with one attached hydrogen (secondary N) is 3. The monoisotopic (exact) mass is 485 g/mol. The van der Waals surface area contributed by atoms with Crippen molar-refractivity contribution in [1.29, 1.82) is 0 Å². The average molecular weight is 486 g/mol. The third-order valence-electron chi connectivity index (χ3n) is 6.47. The van der Waals surface area contributed by atoms with E-state index in [-0.39, 0.29) is 11.3 Å². The second kappa shape index (κ2) is 9.43. The average Bonchev–Trinajstić information content (AvgIpc) is 3.47. The molecule has 0 spiro atoms. The zero-order valence-corrected chi connectivity index (χ0v) is 20.2. The van der Waals surface area contributed by atoms with Crippen LogP contribution < -0.4 is 5.32 Å². The minimum Gasteiger partial charge on any atom is -0.361 e. The number of carbonyl (C=O) groups is 1. The van der Waals surface area contributed by atoms with Crippen LogP contribution in [0, 0.1) is 6.92 Å². The maximum absolute atomic E-state index is 13.6. The first-order valence-corrected chi connectivity index (χ1v) is 13.2. The summed E-state index contributed by atoms with van der Waals surface area (Å²) in [7, 11) is -3.91. The molecule has 0 aliphatic heterocycles. The summed E-state index contributed by atoms with van der Waals surface area (Å²) in [5, 5.41) is 3.67. The van der Waals surface area contributed by atoms with E-state index in [0.29, 0.717) is 13.0 Å². The summed E-state index contributed by atoms with van der Waals surface area (Å²) < 4.78 is 27.3. The van der Waals surface area contributed by atoms with E-state index in [2.05, 4.69) is 15.3 Å². The van der Waals surface area contributed by atoms with Gasteiger partial charge in [0, 0.05) is 47.2 Å². The number of fused-ring (bicyclic) bond motifs is 2. The third-order valence-corrected chi connectivity index (χ3v) is 8.52. The van der Waals surface area contributed by atoms with Crippen molar-refractivity contribution >= 4 is 37.6 Å². The Bertz CT molecular complexity index is 1600. The smallest absolute Gasteiger partial charge is 0.239 e. The zero-order chi connectivity index (χ0) is 24.4. The Hall–Kier alpha value is -3.84. The Morgan fingerprint density at radius 1 is 0.829 bits per heavy atom. The van der Waals surface area contributed by atoms with Crippen molar-refractivity contribution in [2.75, 3.05) is 6.54 Å². The lowest BCUT2D eigenvalue weighted by molar-refractivity contribution is -0.120. The SMILES string of the molecule is Cc1ccc(S(=O)(=O)C(Cc2c[nH]c3ccccc23)C(=O)NCCc2c[nH]c3ccccc23)cc1. The van der Waals surface area contributed by atoms with Gasteiger partial charge < -0.3 is 15.3 Å². The number of aromatic nitrogens is 2.